The molecule has 14 heteroatoms. The van der Waals surface area contributed by atoms with Crippen LogP contribution >= 0.6 is 0 Å². The lowest BCUT2D eigenvalue weighted by atomic mass is 9.62. The predicted octanol–water partition coefficient (Wildman–Crippen LogP) is 6.09. The minimum atomic E-state index is -0.935. The SMILES string of the molecule is CC[C@H]1CCC[C@H](O[C@H]2CC[C@H](N(C)C)C(C)O2)[C@@H](C)C(=O)C2=C[C@H]3[C@@H]4C[C@H](O[C@@H]5OC(C)[C@H](OC)C(OC)[C@@H]5OC)C[C@H]4[C@H](Nc4c(C)cccc4OC)[C@@H](O)[C@H]3[C@@H]2CC(=O)O1. The Hall–Kier alpha value is -2.66. The van der Waals surface area contributed by atoms with E-state index >= 15 is 4.79 Å². The van der Waals surface area contributed by atoms with Crippen LogP contribution in [0, 0.1) is 42.4 Å². The fourth-order valence-electron chi connectivity index (χ4n) is 12.4. The number of carbonyl (C=O) groups excluding carboxylic acids is 2. The van der Waals surface area contributed by atoms with E-state index in [1.165, 1.54) is 0 Å². The van der Waals surface area contributed by atoms with Crippen molar-refractivity contribution in [1.82, 2.24) is 4.90 Å². The molecular weight excluding hydrogens is 809 g/mol. The Morgan fingerprint density at radius 1 is 0.873 bits per heavy atom. The zero-order valence-corrected chi connectivity index (χ0v) is 39.5. The van der Waals surface area contributed by atoms with Gasteiger partial charge in [0, 0.05) is 45.1 Å². The molecule has 3 unspecified atom stereocenters. The highest BCUT2D eigenvalue weighted by atomic mass is 16.7. The van der Waals surface area contributed by atoms with E-state index in [4.69, 9.17) is 42.6 Å². The number of methoxy groups -OCH3 is 4. The van der Waals surface area contributed by atoms with E-state index in [0.29, 0.717) is 49.5 Å². The zero-order chi connectivity index (χ0) is 45.3. The molecule has 5 fully saturated rings. The smallest absolute Gasteiger partial charge is 0.306 e. The third kappa shape index (κ3) is 9.91. The highest BCUT2D eigenvalue weighted by molar-refractivity contribution is 5.99. The lowest BCUT2D eigenvalue weighted by Gasteiger charge is -2.47. The van der Waals surface area contributed by atoms with Gasteiger partial charge >= 0.3 is 5.97 Å². The fraction of sp³-hybridized carbons (Fsp3) is 0.796. The highest BCUT2D eigenvalue weighted by Gasteiger charge is 2.60. The molecule has 0 bridgehead atoms. The van der Waals surface area contributed by atoms with Crippen LogP contribution < -0.4 is 10.1 Å². The van der Waals surface area contributed by atoms with Crippen molar-refractivity contribution in [3.8, 4) is 5.75 Å². The van der Waals surface area contributed by atoms with Gasteiger partial charge in [0.05, 0.1) is 55.8 Å². The lowest BCUT2D eigenvalue weighted by molar-refractivity contribution is -0.314. The van der Waals surface area contributed by atoms with Crippen LogP contribution in [0.3, 0.4) is 0 Å². The number of Topliss-reactive ketones (excluding diaryl/α,β-unsaturated/α-hetero) is 1. The van der Waals surface area contributed by atoms with Gasteiger partial charge in [0.25, 0.3) is 0 Å². The zero-order valence-electron chi connectivity index (χ0n) is 39.5. The summed E-state index contributed by atoms with van der Waals surface area (Å²) >= 11 is 0. The van der Waals surface area contributed by atoms with Crippen molar-refractivity contribution in [1.29, 1.82) is 0 Å². The molecule has 2 saturated carbocycles. The largest absolute Gasteiger partial charge is 0.495 e. The number of cyclic esters (lactones) is 1. The minimum Gasteiger partial charge on any atom is -0.495 e. The van der Waals surface area contributed by atoms with E-state index in [9.17, 15) is 9.90 Å². The molecular formula is C49H76N2O12. The quantitative estimate of drug-likeness (QED) is 0.233. The van der Waals surface area contributed by atoms with Crippen molar-refractivity contribution >= 4 is 17.4 Å². The molecule has 3 aliphatic carbocycles. The number of ketones is 1. The number of carbonyl (C=O) groups is 2. The second-order valence-electron chi connectivity index (χ2n) is 19.4. The molecule has 354 valence electrons. The second-order valence-corrected chi connectivity index (χ2v) is 19.4. The van der Waals surface area contributed by atoms with Gasteiger partial charge in [-0.05, 0) is 121 Å². The van der Waals surface area contributed by atoms with Gasteiger partial charge < -0.3 is 58.0 Å². The molecule has 6 aliphatic rings. The summed E-state index contributed by atoms with van der Waals surface area (Å²) in [4.78, 5) is 31.4. The number of hydrogen-bond donors (Lipinski definition) is 2. The van der Waals surface area contributed by atoms with Gasteiger partial charge in [0.2, 0.25) is 0 Å². The van der Waals surface area contributed by atoms with Crippen LogP contribution in [-0.2, 0) is 47.5 Å². The Balaban J connectivity index is 1.23. The number of nitrogens with one attached hydrogen (secondary N) is 1. The van der Waals surface area contributed by atoms with E-state index < -0.39 is 60.8 Å². The molecule has 0 spiro atoms. The van der Waals surface area contributed by atoms with Gasteiger partial charge in [-0.3, -0.25) is 9.59 Å². The summed E-state index contributed by atoms with van der Waals surface area (Å²) in [6.07, 6.45) is 3.15. The first-order valence-corrected chi connectivity index (χ1v) is 23.6. The Kier molecular flexibility index (Phi) is 16.0. The molecule has 0 amide bonds. The maximum atomic E-state index is 15.2. The number of aliphatic hydroxyl groups is 1. The molecule has 0 aromatic heterocycles. The summed E-state index contributed by atoms with van der Waals surface area (Å²) in [6, 6.07) is 5.72. The number of allylic oxidation sites excluding steroid dienone is 2. The number of aliphatic hydroxyl groups excluding tert-OH is 1. The maximum Gasteiger partial charge on any atom is 0.306 e. The number of likely N-dealkylation sites (N-methyl/N-ethyl adjacent to an activating group) is 1. The van der Waals surface area contributed by atoms with Gasteiger partial charge in [-0.1, -0.05) is 32.1 Å². The fourth-order valence-corrected chi connectivity index (χ4v) is 12.4. The molecule has 14 nitrogen and oxygen atoms in total. The van der Waals surface area contributed by atoms with Gasteiger partial charge in [-0.2, -0.15) is 0 Å². The summed E-state index contributed by atoms with van der Waals surface area (Å²) in [5, 5.41) is 16.7. The Labute approximate surface area is 375 Å². The molecule has 19 atom stereocenters. The van der Waals surface area contributed by atoms with Crippen molar-refractivity contribution in [2.75, 3.05) is 47.9 Å². The lowest BCUT2D eigenvalue weighted by Crippen LogP contribution is -2.59. The third-order valence-electron chi connectivity index (χ3n) is 15.7. The van der Waals surface area contributed by atoms with Crippen molar-refractivity contribution in [2.45, 2.75) is 172 Å². The summed E-state index contributed by atoms with van der Waals surface area (Å²) in [6.45, 7) is 10.1. The maximum absolute atomic E-state index is 15.2. The summed E-state index contributed by atoms with van der Waals surface area (Å²) < 4.78 is 56.2. The van der Waals surface area contributed by atoms with Crippen molar-refractivity contribution in [2.24, 2.45) is 35.5 Å². The van der Waals surface area contributed by atoms with Crippen LogP contribution in [0.25, 0.3) is 0 Å². The monoisotopic (exact) mass is 885 g/mol. The van der Waals surface area contributed by atoms with Crippen molar-refractivity contribution in [3.05, 3.63) is 35.4 Å². The highest BCUT2D eigenvalue weighted by Crippen LogP contribution is 2.58. The van der Waals surface area contributed by atoms with E-state index in [2.05, 4.69) is 37.3 Å². The molecule has 1 aromatic carbocycles. The second kappa shape index (κ2) is 20.9. The van der Waals surface area contributed by atoms with Crippen LogP contribution in [0.4, 0.5) is 5.69 Å². The van der Waals surface area contributed by atoms with Crippen molar-refractivity contribution in [3.63, 3.8) is 0 Å². The number of benzene rings is 1. The van der Waals surface area contributed by atoms with E-state index in [-0.39, 0.29) is 66.4 Å². The number of hydrogen-bond acceptors (Lipinski definition) is 14. The summed E-state index contributed by atoms with van der Waals surface area (Å²) in [7, 11) is 10.7. The Morgan fingerprint density at radius 2 is 1.60 bits per heavy atom. The first kappa shape index (κ1) is 48.3. The minimum absolute atomic E-state index is 0.000165. The number of anilines is 1. The van der Waals surface area contributed by atoms with E-state index in [0.717, 1.165) is 30.5 Å². The topological polar surface area (TPSA) is 153 Å². The molecule has 3 aliphatic heterocycles. The number of nitrogens with zero attached hydrogens (tertiary/aromatic N) is 1. The predicted molar refractivity (Wildman–Crippen MR) is 236 cm³/mol. The normalized spacial score (nSPS) is 42.3. The Bertz CT molecular complexity index is 1740. The summed E-state index contributed by atoms with van der Waals surface area (Å²) in [5.41, 5.74) is 2.38. The molecule has 7 rings (SSSR count). The number of ether oxygens (including phenoxy) is 9. The first-order chi connectivity index (χ1) is 30.2. The van der Waals surface area contributed by atoms with E-state index in [1.807, 2.05) is 45.9 Å². The van der Waals surface area contributed by atoms with Crippen LogP contribution in [-0.4, -0.2) is 144 Å². The number of para-hydroxylation sites is 1. The molecule has 2 N–H and O–H groups in total. The average Bonchev–Trinajstić information content (AvgIpc) is 3.85. The van der Waals surface area contributed by atoms with E-state index in [1.54, 1.807) is 28.4 Å². The number of rotatable bonds is 12. The molecule has 3 saturated heterocycles. The number of fused-ring (bicyclic) bond motifs is 5. The molecule has 0 radical (unpaired) electrons. The van der Waals surface area contributed by atoms with Crippen LogP contribution in [0.15, 0.2) is 29.8 Å². The van der Waals surface area contributed by atoms with Gasteiger partial charge in [0.1, 0.15) is 30.2 Å². The molecule has 1 aromatic rings. The van der Waals surface area contributed by atoms with Crippen LogP contribution in [0.2, 0.25) is 0 Å². The average molecular weight is 885 g/mol. The van der Waals surface area contributed by atoms with Gasteiger partial charge in [-0.25, -0.2) is 0 Å². The summed E-state index contributed by atoms with van der Waals surface area (Å²) in [5.74, 6) is -1.49. The van der Waals surface area contributed by atoms with Gasteiger partial charge in [-0.15, -0.1) is 0 Å². The van der Waals surface area contributed by atoms with Crippen LogP contribution in [0.1, 0.15) is 91.0 Å². The number of aryl methyl sites for hydroxylation is 1. The van der Waals surface area contributed by atoms with Crippen molar-refractivity contribution < 1.29 is 57.3 Å². The Morgan fingerprint density at radius 3 is 2.27 bits per heavy atom. The first-order valence-electron chi connectivity index (χ1n) is 23.6. The molecule has 63 heavy (non-hydrogen) atoms. The standard InChI is InChI=1S/C49H76N2O12/c1-12-29-16-14-17-37(63-40-20-19-36(51(6)7)27(4)59-40)26(3)44(53)35-23-32-31-21-30(62-49-48(58-11)47(57-10)46(56-9)28(5)60-49)22-34(31)43(45(54)41(32)33(35)24-39(52)61-29)50-42-25(2)15-13-18-38(42)55-8/h13,15,18,23,26-34,36-37,40-41,43,45-50,54H,12,14,16-17,19-22,24H2,1-11H3/t26-,27?,28?,29+,30+,31+,32+,33-,34-,36+,37+,40+,41-,43+,45+,46+,47?,48+,49+/m1/s1. The van der Waals surface area contributed by atoms with Gasteiger partial charge in [0.15, 0.2) is 18.4 Å². The van der Waals surface area contributed by atoms with Crippen LogP contribution in [0.5, 0.6) is 5.75 Å². The third-order valence-corrected chi connectivity index (χ3v) is 15.7. The molecule has 3 heterocycles. The number of esters is 1.